The van der Waals surface area contributed by atoms with Crippen molar-refractivity contribution in [3.05, 3.63) is 224 Å². The molecule has 0 saturated heterocycles. The quantitative estimate of drug-likeness (QED) is 0.168. The zero-order valence-electron chi connectivity index (χ0n) is 34.1. The summed E-state index contributed by atoms with van der Waals surface area (Å²) in [5.74, 6) is 0.704. The van der Waals surface area contributed by atoms with Crippen molar-refractivity contribution in [1.82, 2.24) is 23.7 Å². The largest absolute Gasteiger partial charge is 0.307 e. The van der Waals surface area contributed by atoms with Crippen LogP contribution in [-0.2, 0) is 0 Å². The number of para-hydroxylation sites is 4. The van der Waals surface area contributed by atoms with Crippen LogP contribution in [-0.4, -0.2) is 23.7 Å². The summed E-state index contributed by atoms with van der Waals surface area (Å²) in [4.78, 5) is 10.2. The van der Waals surface area contributed by atoms with Gasteiger partial charge in [0.1, 0.15) is 0 Å². The molecule has 0 aliphatic rings. The molecule has 0 amide bonds. The van der Waals surface area contributed by atoms with E-state index in [2.05, 4.69) is 214 Å². The van der Waals surface area contributed by atoms with Crippen molar-refractivity contribution in [2.24, 2.45) is 0 Å². The first-order valence-corrected chi connectivity index (χ1v) is 21.4. The Labute approximate surface area is 363 Å². The van der Waals surface area contributed by atoms with Gasteiger partial charge in [-0.2, -0.15) is 0 Å². The number of aromatic nitrogens is 5. The molecule has 0 radical (unpaired) electrons. The van der Waals surface area contributed by atoms with E-state index in [-0.39, 0.29) is 0 Å². The Morgan fingerprint density at radius 2 is 0.603 bits per heavy atom. The second kappa shape index (κ2) is 14.0. The molecule has 294 valence electrons. The minimum Gasteiger partial charge on any atom is -0.307 e. The lowest BCUT2D eigenvalue weighted by atomic mass is 10.1. The van der Waals surface area contributed by atoms with Crippen molar-refractivity contribution < 1.29 is 0 Å². The van der Waals surface area contributed by atoms with Crippen molar-refractivity contribution in [3.8, 4) is 51.0 Å². The topological polar surface area (TPSA) is 40.6 Å². The molecule has 63 heavy (non-hydrogen) atoms. The van der Waals surface area contributed by atoms with Crippen LogP contribution >= 0.6 is 0 Å². The predicted octanol–water partition coefficient (Wildman–Crippen LogP) is 14.8. The van der Waals surface area contributed by atoms with Gasteiger partial charge in [-0.05, 0) is 54.6 Å². The Morgan fingerprint density at radius 1 is 0.254 bits per heavy atom. The molecule has 5 nitrogen and oxygen atoms in total. The highest BCUT2D eigenvalue weighted by Crippen LogP contribution is 2.46. The average molecular weight is 804 g/mol. The summed E-state index contributed by atoms with van der Waals surface area (Å²) in [6.07, 6.45) is 0. The van der Waals surface area contributed by atoms with Gasteiger partial charge in [-0.3, -0.25) is 0 Å². The monoisotopic (exact) mass is 803 g/mol. The number of rotatable bonds is 6. The maximum atomic E-state index is 5.15. The molecule has 0 N–H and O–H groups in total. The number of nitrogens with zero attached hydrogens (tertiary/aromatic N) is 5. The van der Waals surface area contributed by atoms with Crippen LogP contribution in [0.15, 0.2) is 224 Å². The first kappa shape index (κ1) is 35.2. The van der Waals surface area contributed by atoms with Crippen molar-refractivity contribution >= 4 is 65.4 Å². The molecule has 9 aromatic carbocycles. The van der Waals surface area contributed by atoms with Crippen LogP contribution in [0.4, 0.5) is 0 Å². The first-order chi connectivity index (χ1) is 31.3. The van der Waals surface area contributed by atoms with E-state index < -0.39 is 0 Å². The van der Waals surface area contributed by atoms with Gasteiger partial charge in [0, 0.05) is 66.1 Å². The first-order valence-electron chi connectivity index (χ1n) is 21.4. The highest BCUT2D eigenvalue weighted by molar-refractivity contribution is 6.29. The van der Waals surface area contributed by atoms with Gasteiger partial charge in [0.25, 0.3) is 0 Å². The predicted molar refractivity (Wildman–Crippen MR) is 261 cm³/mol. The molecular weight excluding hydrogens is 767 g/mol. The summed E-state index contributed by atoms with van der Waals surface area (Å²) in [7, 11) is 0. The van der Waals surface area contributed by atoms with Crippen molar-refractivity contribution in [2.75, 3.05) is 0 Å². The van der Waals surface area contributed by atoms with E-state index >= 15 is 0 Å². The number of hydrogen-bond acceptors (Lipinski definition) is 2. The minimum absolute atomic E-state index is 0.704. The van der Waals surface area contributed by atoms with Crippen LogP contribution in [0.1, 0.15) is 0 Å². The van der Waals surface area contributed by atoms with E-state index in [0.29, 0.717) is 5.82 Å². The fourth-order valence-corrected chi connectivity index (χ4v) is 9.88. The van der Waals surface area contributed by atoms with Gasteiger partial charge in [0.15, 0.2) is 5.82 Å². The van der Waals surface area contributed by atoms with E-state index in [1.807, 2.05) is 24.3 Å². The van der Waals surface area contributed by atoms with Crippen molar-refractivity contribution in [1.29, 1.82) is 0 Å². The molecule has 0 bridgehead atoms. The van der Waals surface area contributed by atoms with E-state index in [4.69, 9.17) is 9.97 Å². The second-order valence-corrected chi connectivity index (χ2v) is 16.2. The molecular formula is C58H37N5. The van der Waals surface area contributed by atoms with Gasteiger partial charge < -0.3 is 13.7 Å². The summed E-state index contributed by atoms with van der Waals surface area (Å²) in [6, 6.07) is 80.2. The Bertz CT molecular complexity index is 3810. The summed E-state index contributed by atoms with van der Waals surface area (Å²) >= 11 is 0. The van der Waals surface area contributed by atoms with Crippen LogP contribution in [0, 0.1) is 0 Å². The lowest BCUT2D eigenvalue weighted by molar-refractivity contribution is 1.14. The molecule has 0 fully saturated rings. The maximum Gasteiger partial charge on any atom is 0.160 e. The lowest BCUT2D eigenvalue weighted by Crippen LogP contribution is -2.00. The zero-order chi connectivity index (χ0) is 41.4. The molecule has 4 heterocycles. The third-order valence-electron chi connectivity index (χ3n) is 12.6. The molecule has 0 aliphatic heterocycles. The summed E-state index contributed by atoms with van der Waals surface area (Å²) in [6.45, 7) is 0. The highest BCUT2D eigenvalue weighted by Gasteiger charge is 2.25. The number of hydrogen-bond donors (Lipinski definition) is 0. The van der Waals surface area contributed by atoms with Gasteiger partial charge in [-0.15, -0.1) is 0 Å². The summed E-state index contributed by atoms with van der Waals surface area (Å²) in [5.41, 5.74) is 15.2. The van der Waals surface area contributed by atoms with E-state index in [1.165, 1.54) is 54.4 Å². The number of fused-ring (bicyclic) bond motifs is 11. The van der Waals surface area contributed by atoms with Gasteiger partial charge in [-0.25, -0.2) is 9.97 Å². The van der Waals surface area contributed by atoms with Crippen LogP contribution < -0.4 is 0 Å². The fraction of sp³-hybridized carbons (Fsp3) is 0. The van der Waals surface area contributed by atoms with Gasteiger partial charge in [-0.1, -0.05) is 170 Å². The lowest BCUT2D eigenvalue weighted by Gasteiger charge is -2.14. The van der Waals surface area contributed by atoms with E-state index in [1.54, 1.807) is 0 Å². The average Bonchev–Trinajstić information content (AvgIpc) is 4.01. The third kappa shape index (κ3) is 5.43. The summed E-state index contributed by atoms with van der Waals surface area (Å²) in [5, 5.41) is 7.29. The zero-order valence-corrected chi connectivity index (χ0v) is 34.1. The van der Waals surface area contributed by atoms with Crippen molar-refractivity contribution in [3.63, 3.8) is 0 Å². The highest BCUT2D eigenvalue weighted by atomic mass is 15.1. The normalized spacial score (nSPS) is 11.8. The molecule has 0 aliphatic carbocycles. The molecule has 0 unspecified atom stereocenters. The molecule has 13 aromatic rings. The second-order valence-electron chi connectivity index (χ2n) is 16.2. The molecule has 5 heteroatoms. The Hall–Kier alpha value is -8.54. The van der Waals surface area contributed by atoms with E-state index in [9.17, 15) is 0 Å². The Balaban J connectivity index is 1.10. The van der Waals surface area contributed by atoms with Gasteiger partial charge >= 0.3 is 0 Å². The Morgan fingerprint density at radius 3 is 1.10 bits per heavy atom. The SMILES string of the molecule is c1ccc(-c2cc(-c3ccc(-n4c5ccccc5c5ccc6c7ccc8c9ccccc9n(-c9ccccc9)c8c7n(-c7ccccc7)c6c54)cc3)nc(-c3ccccc3)n2)cc1. The molecule has 4 aromatic heterocycles. The molecule has 0 saturated carbocycles. The number of benzene rings is 9. The molecule has 0 spiro atoms. The van der Waals surface area contributed by atoms with E-state index in [0.717, 1.165) is 56.2 Å². The van der Waals surface area contributed by atoms with Crippen LogP contribution in [0.2, 0.25) is 0 Å². The molecule has 13 rings (SSSR count). The standard InChI is InChI=1S/C58H37N5/c1-5-17-38(18-6-1)50-37-51(60-58(59-50)40-19-7-2-8-20-40)39-29-31-43(32-30-39)62-53-28-16-14-26-45(53)47-34-36-49-48-35-33-46-44-25-13-15-27-52(44)61(41-21-9-3-10-22-41)54(46)56(48)63(57(49)55(47)62)42-23-11-4-12-24-42/h1-37H. The smallest absolute Gasteiger partial charge is 0.160 e. The minimum atomic E-state index is 0.704. The van der Waals surface area contributed by atoms with Gasteiger partial charge in [0.2, 0.25) is 0 Å². The summed E-state index contributed by atoms with van der Waals surface area (Å²) < 4.78 is 7.44. The van der Waals surface area contributed by atoms with Crippen LogP contribution in [0.25, 0.3) is 116 Å². The van der Waals surface area contributed by atoms with Gasteiger partial charge in [0.05, 0.1) is 44.5 Å². The maximum absolute atomic E-state index is 5.15. The fourth-order valence-electron chi connectivity index (χ4n) is 9.88. The van der Waals surface area contributed by atoms with Crippen LogP contribution in [0.3, 0.4) is 0 Å². The Kier molecular flexibility index (Phi) is 7.84. The molecule has 0 atom stereocenters. The van der Waals surface area contributed by atoms with Crippen molar-refractivity contribution in [2.45, 2.75) is 0 Å². The van der Waals surface area contributed by atoms with Crippen LogP contribution in [0.5, 0.6) is 0 Å². The third-order valence-corrected chi connectivity index (χ3v) is 12.6.